The van der Waals surface area contributed by atoms with Gasteiger partial charge in [0.25, 0.3) is 0 Å². The largest absolute Gasteiger partial charge is 0.475 e. The molecule has 90 valence electrons. The van der Waals surface area contributed by atoms with E-state index in [2.05, 4.69) is 6.07 Å². The van der Waals surface area contributed by atoms with E-state index in [1.54, 1.807) is 0 Å². The summed E-state index contributed by atoms with van der Waals surface area (Å²) in [5.74, 6) is -1.02. The highest BCUT2D eigenvalue weighted by atomic mass is 32.2. The van der Waals surface area contributed by atoms with E-state index in [9.17, 15) is 9.00 Å². The molecular weight excluding hydrogens is 242 g/mol. The van der Waals surface area contributed by atoms with Gasteiger partial charge in [-0.3, -0.25) is 4.21 Å². The van der Waals surface area contributed by atoms with Crippen molar-refractivity contribution in [3.63, 3.8) is 0 Å². The SMILES string of the molecule is N#CCC1(CS(=O)c2ccc(C(=O)O)o2)CC1. The van der Waals surface area contributed by atoms with Crippen LogP contribution in [0.3, 0.4) is 0 Å². The third-order valence-electron chi connectivity index (χ3n) is 2.86. The fourth-order valence-corrected chi connectivity index (χ4v) is 3.12. The van der Waals surface area contributed by atoms with Crippen LogP contribution in [0, 0.1) is 16.7 Å². The lowest BCUT2D eigenvalue weighted by Crippen LogP contribution is -2.11. The number of nitrogens with zero attached hydrogens (tertiary/aromatic N) is 1. The Bertz CT molecular complexity index is 510. The predicted molar refractivity (Wildman–Crippen MR) is 58.8 cm³/mol. The fraction of sp³-hybridized carbons (Fsp3) is 0.455. The van der Waals surface area contributed by atoms with Gasteiger partial charge in [-0.05, 0) is 30.4 Å². The van der Waals surface area contributed by atoms with Crippen LogP contribution in [0.2, 0.25) is 0 Å². The molecule has 6 heteroatoms. The van der Waals surface area contributed by atoms with Crippen LogP contribution in [-0.2, 0) is 10.8 Å². The van der Waals surface area contributed by atoms with Gasteiger partial charge in [-0.1, -0.05) is 0 Å². The maximum absolute atomic E-state index is 11.9. The first-order valence-corrected chi connectivity index (χ1v) is 6.47. The summed E-state index contributed by atoms with van der Waals surface area (Å²) < 4.78 is 16.9. The van der Waals surface area contributed by atoms with Gasteiger partial charge in [-0.25, -0.2) is 4.79 Å². The van der Waals surface area contributed by atoms with Crippen LogP contribution in [0.25, 0.3) is 0 Å². The molecule has 1 aliphatic carbocycles. The number of nitriles is 1. The van der Waals surface area contributed by atoms with E-state index < -0.39 is 16.8 Å². The summed E-state index contributed by atoms with van der Waals surface area (Å²) in [7, 11) is -1.37. The molecule has 0 bridgehead atoms. The number of carboxylic acid groups (broad SMARTS) is 1. The topological polar surface area (TPSA) is 91.3 Å². The number of carbonyl (C=O) groups is 1. The van der Waals surface area contributed by atoms with Gasteiger partial charge in [-0.15, -0.1) is 0 Å². The van der Waals surface area contributed by atoms with Gasteiger partial charge in [0, 0.05) is 12.2 Å². The van der Waals surface area contributed by atoms with E-state index in [-0.39, 0.29) is 16.3 Å². The normalized spacial score (nSPS) is 18.3. The van der Waals surface area contributed by atoms with Crippen molar-refractivity contribution >= 4 is 16.8 Å². The quantitative estimate of drug-likeness (QED) is 0.863. The highest BCUT2D eigenvalue weighted by Crippen LogP contribution is 2.49. The smallest absolute Gasteiger partial charge is 0.371 e. The molecule has 0 spiro atoms. The van der Waals surface area contributed by atoms with Crippen molar-refractivity contribution in [3.8, 4) is 6.07 Å². The monoisotopic (exact) mass is 253 g/mol. The zero-order valence-corrected chi connectivity index (χ0v) is 9.83. The highest BCUT2D eigenvalue weighted by Gasteiger charge is 2.44. The number of aromatic carboxylic acids is 1. The first kappa shape index (κ1) is 11.9. The Hall–Kier alpha value is -1.61. The lowest BCUT2D eigenvalue weighted by Gasteiger charge is -2.08. The van der Waals surface area contributed by atoms with Gasteiger partial charge >= 0.3 is 5.97 Å². The van der Waals surface area contributed by atoms with Crippen LogP contribution >= 0.6 is 0 Å². The zero-order valence-electron chi connectivity index (χ0n) is 9.01. The predicted octanol–water partition coefficient (Wildman–Crippen LogP) is 1.78. The van der Waals surface area contributed by atoms with E-state index in [1.807, 2.05) is 0 Å². The van der Waals surface area contributed by atoms with Crippen molar-refractivity contribution in [1.29, 1.82) is 5.26 Å². The Balaban J connectivity index is 2.05. The summed E-state index contributed by atoms with van der Waals surface area (Å²) in [5.41, 5.74) is -0.143. The summed E-state index contributed by atoms with van der Waals surface area (Å²) in [5, 5.41) is 17.5. The Morgan fingerprint density at radius 1 is 1.59 bits per heavy atom. The molecule has 0 radical (unpaired) electrons. The molecular formula is C11H11NO4S. The van der Waals surface area contributed by atoms with Crippen LogP contribution < -0.4 is 0 Å². The van der Waals surface area contributed by atoms with Crippen molar-refractivity contribution in [2.75, 3.05) is 5.75 Å². The Morgan fingerprint density at radius 3 is 2.76 bits per heavy atom. The van der Waals surface area contributed by atoms with Gasteiger partial charge in [0.1, 0.15) is 0 Å². The number of hydrogen-bond donors (Lipinski definition) is 1. The maximum Gasteiger partial charge on any atom is 0.371 e. The molecule has 5 nitrogen and oxygen atoms in total. The molecule has 0 aromatic carbocycles. The van der Waals surface area contributed by atoms with Gasteiger partial charge in [-0.2, -0.15) is 5.26 Å². The van der Waals surface area contributed by atoms with Gasteiger partial charge in [0.2, 0.25) is 5.76 Å². The number of carboxylic acids is 1. The molecule has 1 aromatic rings. The van der Waals surface area contributed by atoms with Crippen LogP contribution in [0.4, 0.5) is 0 Å². The minimum atomic E-state index is -1.37. The highest BCUT2D eigenvalue weighted by molar-refractivity contribution is 7.84. The molecule has 1 atom stereocenters. The molecule has 2 rings (SSSR count). The Kier molecular flexibility index (Phi) is 3.03. The summed E-state index contributed by atoms with van der Waals surface area (Å²) in [6, 6.07) is 4.80. The molecule has 1 aromatic heterocycles. The molecule has 0 aliphatic heterocycles. The second-order valence-corrected chi connectivity index (χ2v) is 5.63. The number of furan rings is 1. The van der Waals surface area contributed by atoms with Crippen molar-refractivity contribution in [1.82, 2.24) is 0 Å². The van der Waals surface area contributed by atoms with Crippen LogP contribution in [0.1, 0.15) is 29.8 Å². The lowest BCUT2D eigenvalue weighted by molar-refractivity contribution is 0.0656. The average Bonchev–Trinajstić information content (AvgIpc) is 2.83. The third kappa shape index (κ3) is 2.56. The zero-order chi connectivity index (χ0) is 12.5. The molecule has 1 unspecified atom stereocenters. The maximum atomic E-state index is 11.9. The molecule has 1 fully saturated rings. The minimum Gasteiger partial charge on any atom is -0.475 e. The summed E-state index contributed by atoms with van der Waals surface area (Å²) in [6.07, 6.45) is 2.20. The molecule has 0 amide bonds. The van der Waals surface area contributed by atoms with E-state index in [0.717, 1.165) is 12.8 Å². The first-order valence-electron chi connectivity index (χ1n) is 5.15. The molecule has 17 heavy (non-hydrogen) atoms. The Labute approximate surface area is 100 Å². The second-order valence-electron chi connectivity index (χ2n) is 4.25. The van der Waals surface area contributed by atoms with E-state index in [1.165, 1.54) is 12.1 Å². The molecule has 1 heterocycles. The first-order chi connectivity index (χ1) is 8.06. The standard InChI is InChI=1S/C11H11NO4S/c12-6-5-11(3-4-11)7-17(15)9-2-1-8(16-9)10(13)14/h1-2H,3-5,7H2,(H,13,14). The van der Waals surface area contributed by atoms with E-state index in [0.29, 0.717) is 12.2 Å². The van der Waals surface area contributed by atoms with Gasteiger partial charge in [0.05, 0.1) is 16.9 Å². The Morgan fingerprint density at radius 2 is 2.29 bits per heavy atom. The van der Waals surface area contributed by atoms with Crippen LogP contribution in [0.5, 0.6) is 0 Å². The minimum absolute atomic E-state index is 0.143. The fourth-order valence-electron chi connectivity index (χ4n) is 1.62. The van der Waals surface area contributed by atoms with Gasteiger partial charge < -0.3 is 9.52 Å². The second kappa shape index (κ2) is 4.34. The van der Waals surface area contributed by atoms with Crippen molar-refractivity contribution in [2.24, 2.45) is 5.41 Å². The number of hydrogen-bond acceptors (Lipinski definition) is 4. The molecule has 1 saturated carbocycles. The van der Waals surface area contributed by atoms with Gasteiger partial charge in [0.15, 0.2) is 5.09 Å². The third-order valence-corrected chi connectivity index (χ3v) is 4.41. The molecule has 1 aliphatic rings. The van der Waals surface area contributed by atoms with Crippen molar-refractivity contribution in [2.45, 2.75) is 24.4 Å². The lowest BCUT2D eigenvalue weighted by atomic mass is 10.1. The summed E-state index contributed by atoms with van der Waals surface area (Å²) in [4.78, 5) is 10.6. The van der Waals surface area contributed by atoms with Crippen LogP contribution in [0.15, 0.2) is 21.6 Å². The van der Waals surface area contributed by atoms with Crippen molar-refractivity contribution in [3.05, 3.63) is 17.9 Å². The number of rotatable bonds is 5. The molecule has 0 saturated heterocycles. The summed E-state index contributed by atoms with van der Waals surface area (Å²) >= 11 is 0. The van der Waals surface area contributed by atoms with E-state index in [4.69, 9.17) is 14.8 Å². The van der Waals surface area contributed by atoms with Crippen molar-refractivity contribution < 1.29 is 18.5 Å². The van der Waals surface area contributed by atoms with Crippen LogP contribution in [-0.4, -0.2) is 21.0 Å². The summed E-state index contributed by atoms with van der Waals surface area (Å²) in [6.45, 7) is 0. The van der Waals surface area contributed by atoms with E-state index >= 15 is 0 Å². The molecule has 1 N–H and O–H groups in total. The average molecular weight is 253 g/mol.